The van der Waals surface area contributed by atoms with Crippen molar-refractivity contribution < 1.29 is 5.11 Å². The summed E-state index contributed by atoms with van der Waals surface area (Å²) in [6, 6.07) is 0. The lowest BCUT2D eigenvalue weighted by Gasteiger charge is -2.33. The summed E-state index contributed by atoms with van der Waals surface area (Å²) in [6.45, 7) is 4.96. The maximum absolute atomic E-state index is 9.15. The summed E-state index contributed by atoms with van der Waals surface area (Å²) in [5, 5.41) is 9.15. The van der Waals surface area contributed by atoms with Crippen LogP contribution in [0.15, 0.2) is 0 Å². The molecule has 2 atom stereocenters. The van der Waals surface area contributed by atoms with E-state index in [2.05, 4.69) is 18.9 Å². The predicted octanol–water partition coefficient (Wildman–Crippen LogP) is 1.35. The second-order valence-electron chi connectivity index (χ2n) is 4.02. The highest BCUT2D eigenvalue weighted by molar-refractivity contribution is 4.76. The topological polar surface area (TPSA) is 23.5 Å². The van der Waals surface area contributed by atoms with Gasteiger partial charge in [-0.05, 0) is 38.3 Å². The van der Waals surface area contributed by atoms with E-state index in [1.807, 2.05) is 0 Å². The number of aliphatic hydroxyl groups excluding tert-OH is 1. The van der Waals surface area contributed by atoms with Crippen LogP contribution in [0.5, 0.6) is 0 Å². The van der Waals surface area contributed by atoms with Crippen molar-refractivity contribution in [1.29, 1.82) is 0 Å². The molecule has 1 saturated heterocycles. The van der Waals surface area contributed by atoms with Gasteiger partial charge < -0.3 is 10.0 Å². The molecule has 1 heterocycles. The first kappa shape index (κ1) is 10.0. The van der Waals surface area contributed by atoms with Gasteiger partial charge in [0.1, 0.15) is 0 Å². The van der Waals surface area contributed by atoms with Gasteiger partial charge in [0, 0.05) is 13.2 Å². The van der Waals surface area contributed by atoms with Crippen LogP contribution >= 0.6 is 0 Å². The van der Waals surface area contributed by atoms with Gasteiger partial charge >= 0.3 is 0 Å². The zero-order chi connectivity index (χ0) is 8.97. The van der Waals surface area contributed by atoms with Gasteiger partial charge in [0.2, 0.25) is 0 Å². The average Bonchev–Trinajstić information content (AvgIpc) is 2.07. The minimum Gasteiger partial charge on any atom is -0.396 e. The summed E-state index contributed by atoms with van der Waals surface area (Å²) in [5.74, 6) is 1.27. The van der Waals surface area contributed by atoms with E-state index in [9.17, 15) is 0 Å². The van der Waals surface area contributed by atoms with E-state index in [1.54, 1.807) is 0 Å². The van der Waals surface area contributed by atoms with Gasteiger partial charge in [0.05, 0.1) is 0 Å². The molecule has 1 fully saturated rings. The van der Waals surface area contributed by atoms with E-state index in [-0.39, 0.29) is 0 Å². The molecule has 0 aromatic heterocycles. The number of likely N-dealkylation sites (tertiary alicyclic amines) is 1. The molecule has 72 valence electrons. The lowest BCUT2D eigenvalue weighted by Crippen LogP contribution is -2.36. The Morgan fingerprint density at radius 3 is 2.83 bits per heavy atom. The van der Waals surface area contributed by atoms with E-state index in [0.717, 1.165) is 12.3 Å². The summed E-state index contributed by atoms with van der Waals surface area (Å²) in [5.41, 5.74) is 0. The van der Waals surface area contributed by atoms with Crippen molar-refractivity contribution in [3.8, 4) is 0 Å². The normalized spacial score (nSPS) is 28.8. The Hall–Kier alpha value is -0.0800. The predicted molar refractivity (Wildman–Crippen MR) is 51.1 cm³/mol. The molecule has 0 bridgehead atoms. The van der Waals surface area contributed by atoms with Crippen LogP contribution in [0.3, 0.4) is 0 Å². The number of hydrogen-bond acceptors (Lipinski definition) is 2. The molecule has 1 N–H and O–H groups in total. The second-order valence-corrected chi connectivity index (χ2v) is 4.02. The number of hydrogen-bond donors (Lipinski definition) is 1. The largest absolute Gasteiger partial charge is 0.396 e. The molecule has 0 amide bonds. The molecule has 0 aliphatic carbocycles. The quantitative estimate of drug-likeness (QED) is 0.693. The Kier molecular flexibility index (Phi) is 4.02. The second kappa shape index (κ2) is 4.83. The highest BCUT2D eigenvalue weighted by Gasteiger charge is 2.23. The minimum absolute atomic E-state index is 0.370. The molecule has 1 aliphatic heterocycles. The van der Waals surface area contributed by atoms with Gasteiger partial charge in [0.15, 0.2) is 0 Å². The van der Waals surface area contributed by atoms with Crippen molar-refractivity contribution in [2.24, 2.45) is 11.8 Å². The Morgan fingerprint density at radius 1 is 1.58 bits per heavy atom. The fraction of sp³-hybridized carbons (Fsp3) is 1.00. The average molecular weight is 171 g/mol. The lowest BCUT2D eigenvalue weighted by atomic mass is 9.84. The summed E-state index contributed by atoms with van der Waals surface area (Å²) in [4.78, 5) is 2.38. The van der Waals surface area contributed by atoms with Gasteiger partial charge in [-0.1, -0.05) is 13.3 Å². The Balaban J connectivity index is 2.38. The van der Waals surface area contributed by atoms with Crippen LogP contribution in [-0.4, -0.2) is 36.8 Å². The van der Waals surface area contributed by atoms with Crippen molar-refractivity contribution in [3.63, 3.8) is 0 Å². The molecule has 2 nitrogen and oxygen atoms in total. The third-order valence-corrected chi connectivity index (χ3v) is 3.09. The molecular weight excluding hydrogens is 150 g/mol. The van der Waals surface area contributed by atoms with Crippen LogP contribution < -0.4 is 0 Å². The van der Waals surface area contributed by atoms with Gasteiger partial charge in [-0.3, -0.25) is 0 Å². The molecule has 1 aliphatic rings. The monoisotopic (exact) mass is 171 g/mol. The van der Waals surface area contributed by atoms with Crippen LogP contribution in [0.2, 0.25) is 0 Å². The minimum atomic E-state index is 0.370. The summed E-state index contributed by atoms with van der Waals surface area (Å²) in [7, 11) is 2.18. The fourth-order valence-corrected chi connectivity index (χ4v) is 2.20. The van der Waals surface area contributed by atoms with Crippen LogP contribution in [0.1, 0.15) is 26.2 Å². The molecule has 0 saturated carbocycles. The first-order chi connectivity index (χ1) is 5.77. The number of piperidine rings is 1. The zero-order valence-electron chi connectivity index (χ0n) is 8.29. The smallest absolute Gasteiger partial charge is 0.0462 e. The summed E-state index contributed by atoms with van der Waals surface area (Å²) >= 11 is 0. The maximum atomic E-state index is 9.15. The van der Waals surface area contributed by atoms with Crippen molar-refractivity contribution in [2.45, 2.75) is 26.2 Å². The summed E-state index contributed by atoms with van der Waals surface area (Å²) in [6.07, 6.45) is 3.73. The Morgan fingerprint density at radius 2 is 2.33 bits per heavy atom. The molecule has 1 rings (SSSR count). The molecule has 12 heavy (non-hydrogen) atoms. The van der Waals surface area contributed by atoms with E-state index < -0.39 is 0 Å². The highest BCUT2D eigenvalue weighted by Crippen LogP contribution is 2.24. The molecule has 0 aromatic rings. The standard InChI is InChI=1S/C10H21NO/c1-3-9(8-12)10-5-4-6-11(2)7-10/h9-10,12H,3-8H2,1-2H3. The molecule has 0 spiro atoms. The fourth-order valence-electron chi connectivity index (χ4n) is 2.20. The first-order valence-electron chi connectivity index (χ1n) is 5.07. The van der Waals surface area contributed by atoms with Gasteiger partial charge in [-0.15, -0.1) is 0 Å². The summed E-state index contributed by atoms with van der Waals surface area (Å²) < 4.78 is 0. The molecular formula is C10H21NO. The van der Waals surface area contributed by atoms with E-state index in [0.29, 0.717) is 12.5 Å². The lowest BCUT2D eigenvalue weighted by molar-refractivity contribution is 0.108. The van der Waals surface area contributed by atoms with Crippen LogP contribution in [-0.2, 0) is 0 Å². The van der Waals surface area contributed by atoms with E-state index in [4.69, 9.17) is 5.11 Å². The third-order valence-electron chi connectivity index (χ3n) is 3.09. The van der Waals surface area contributed by atoms with Crippen molar-refractivity contribution >= 4 is 0 Å². The Bertz CT molecular complexity index is 123. The van der Waals surface area contributed by atoms with Crippen molar-refractivity contribution in [2.75, 3.05) is 26.7 Å². The number of aliphatic hydroxyl groups is 1. The first-order valence-corrected chi connectivity index (χ1v) is 5.07. The van der Waals surface area contributed by atoms with Gasteiger partial charge in [-0.25, -0.2) is 0 Å². The Labute approximate surface area is 75.6 Å². The van der Waals surface area contributed by atoms with Crippen molar-refractivity contribution in [3.05, 3.63) is 0 Å². The van der Waals surface area contributed by atoms with Gasteiger partial charge in [-0.2, -0.15) is 0 Å². The third kappa shape index (κ3) is 2.46. The highest BCUT2D eigenvalue weighted by atomic mass is 16.3. The molecule has 2 heteroatoms. The van der Waals surface area contributed by atoms with E-state index >= 15 is 0 Å². The van der Waals surface area contributed by atoms with Crippen molar-refractivity contribution in [1.82, 2.24) is 4.90 Å². The van der Waals surface area contributed by atoms with Gasteiger partial charge in [0.25, 0.3) is 0 Å². The zero-order valence-corrected chi connectivity index (χ0v) is 8.29. The maximum Gasteiger partial charge on any atom is 0.0462 e. The number of rotatable bonds is 3. The van der Waals surface area contributed by atoms with Crippen LogP contribution in [0, 0.1) is 11.8 Å². The number of nitrogens with zero attached hydrogens (tertiary/aromatic N) is 1. The SMILES string of the molecule is CCC(CO)C1CCCN(C)C1. The van der Waals surface area contributed by atoms with E-state index in [1.165, 1.54) is 25.9 Å². The van der Waals surface area contributed by atoms with Crippen LogP contribution in [0.4, 0.5) is 0 Å². The molecule has 0 aromatic carbocycles. The van der Waals surface area contributed by atoms with Crippen LogP contribution in [0.25, 0.3) is 0 Å². The molecule has 0 radical (unpaired) electrons. The molecule has 2 unspecified atom stereocenters.